The molecule has 4 rings (SSSR count). The highest BCUT2D eigenvalue weighted by Gasteiger charge is 2.56. The average Bonchev–Trinajstić information content (AvgIpc) is 3.22. The van der Waals surface area contributed by atoms with Crippen molar-refractivity contribution in [3.05, 3.63) is 0 Å². The minimum absolute atomic E-state index is 0.504. The standard InChI is InChI=1S/C18H32N2O/c1-2-21-17-13-16(18(17)9-3-4-10-18)19-14-7-11-20(12-8-14)15-5-6-15/h14-17,19H,2-13H2,1H3. The molecule has 1 heterocycles. The second-order valence-electron chi connectivity index (χ2n) is 7.88. The second kappa shape index (κ2) is 5.82. The van der Waals surface area contributed by atoms with Gasteiger partial charge >= 0.3 is 0 Å². The highest BCUT2D eigenvalue weighted by atomic mass is 16.5. The van der Waals surface area contributed by atoms with E-state index in [9.17, 15) is 0 Å². The van der Waals surface area contributed by atoms with E-state index in [-0.39, 0.29) is 0 Å². The van der Waals surface area contributed by atoms with Crippen molar-refractivity contribution in [3.8, 4) is 0 Å². The molecule has 1 N–H and O–H groups in total. The second-order valence-corrected chi connectivity index (χ2v) is 7.88. The van der Waals surface area contributed by atoms with Gasteiger partial charge in [-0.1, -0.05) is 12.8 Å². The summed E-state index contributed by atoms with van der Waals surface area (Å²) in [5.41, 5.74) is 0.504. The predicted molar refractivity (Wildman–Crippen MR) is 85.5 cm³/mol. The Morgan fingerprint density at radius 1 is 1.10 bits per heavy atom. The minimum Gasteiger partial charge on any atom is -0.378 e. The molecule has 0 aromatic heterocycles. The van der Waals surface area contributed by atoms with E-state index < -0.39 is 0 Å². The molecule has 0 aromatic rings. The first kappa shape index (κ1) is 14.5. The molecule has 4 aliphatic rings. The zero-order valence-corrected chi connectivity index (χ0v) is 13.7. The van der Waals surface area contributed by atoms with E-state index >= 15 is 0 Å². The van der Waals surface area contributed by atoms with Crippen molar-refractivity contribution in [1.82, 2.24) is 10.2 Å². The minimum atomic E-state index is 0.504. The molecule has 0 radical (unpaired) electrons. The van der Waals surface area contributed by atoms with Gasteiger partial charge in [0.25, 0.3) is 0 Å². The largest absolute Gasteiger partial charge is 0.378 e. The maximum absolute atomic E-state index is 6.04. The summed E-state index contributed by atoms with van der Waals surface area (Å²) in [6, 6.07) is 2.47. The Morgan fingerprint density at radius 2 is 1.81 bits per heavy atom. The van der Waals surface area contributed by atoms with Gasteiger partial charge in [0, 0.05) is 30.1 Å². The molecule has 1 spiro atoms. The quantitative estimate of drug-likeness (QED) is 0.843. The molecule has 2 unspecified atom stereocenters. The normalized spacial score (nSPS) is 37.0. The summed E-state index contributed by atoms with van der Waals surface area (Å²) in [6.45, 7) is 5.70. The molecule has 120 valence electrons. The van der Waals surface area contributed by atoms with Crippen LogP contribution in [0.15, 0.2) is 0 Å². The van der Waals surface area contributed by atoms with Crippen LogP contribution in [0.3, 0.4) is 0 Å². The number of nitrogens with zero attached hydrogens (tertiary/aromatic N) is 1. The van der Waals surface area contributed by atoms with Crippen LogP contribution in [0.25, 0.3) is 0 Å². The maximum atomic E-state index is 6.04. The Labute approximate surface area is 129 Å². The van der Waals surface area contributed by atoms with Gasteiger partial charge in [-0.15, -0.1) is 0 Å². The predicted octanol–water partition coefficient (Wildman–Crippen LogP) is 2.94. The Bertz CT molecular complexity index is 354. The SMILES string of the molecule is CCOC1CC(NC2CCN(C3CC3)CC2)C12CCCC2. The van der Waals surface area contributed by atoms with Crippen molar-refractivity contribution < 1.29 is 4.74 Å². The van der Waals surface area contributed by atoms with Crippen molar-refractivity contribution in [2.24, 2.45) is 5.41 Å². The maximum Gasteiger partial charge on any atom is 0.0661 e. The van der Waals surface area contributed by atoms with Crippen LogP contribution in [-0.4, -0.2) is 48.8 Å². The van der Waals surface area contributed by atoms with E-state index in [0.717, 1.165) is 24.7 Å². The monoisotopic (exact) mass is 292 g/mol. The van der Waals surface area contributed by atoms with Crippen molar-refractivity contribution in [1.29, 1.82) is 0 Å². The Morgan fingerprint density at radius 3 is 2.43 bits per heavy atom. The number of rotatable bonds is 5. The highest BCUT2D eigenvalue weighted by Crippen LogP contribution is 2.55. The molecular formula is C18H32N2O. The summed E-state index contributed by atoms with van der Waals surface area (Å²) in [7, 11) is 0. The lowest BCUT2D eigenvalue weighted by Crippen LogP contribution is -2.65. The van der Waals surface area contributed by atoms with Gasteiger partial charge < -0.3 is 15.0 Å². The first-order valence-corrected chi connectivity index (χ1v) is 9.43. The first-order chi connectivity index (χ1) is 10.3. The number of hydrogen-bond donors (Lipinski definition) is 1. The third-order valence-electron chi connectivity index (χ3n) is 6.72. The van der Waals surface area contributed by atoms with Gasteiger partial charge in [0.2, 0.25) is 0 Å². The number of hydrogen-bond acceptors (Lipinski definition) is 3. The zero-order chi connectivity index (χ0) is 14.3. The molecule has 4 fully saturated rings. The summed E-state index contributed by atoms with van der Waals surface area (Å²) in [5.74, 6) is 0. The van der Waals surface area contributed by atoms with Crippen molar-refractivity contribution >= 4 is 0 Å². The van der Waals surface area contributed by atoms with E-state index in [1.807, 2.05) is 0 Å². The molecule has 3 nitrogen and oxygen atoms in total. The fourth-order valence-corrected chi connectivity index (χ4v) is 5.28. The molecular weight excluding hydrogens is 260 g/mol. The smallest absolute Gasteiger partial charge is 0.0661 e. The van der Waals surface area contributed by atoms with Crippen LogP contribution in [0.1, 0.15) is 64.7 Å². The first-order valence-electron chi connectivity index (χ1n) is 9.43. The molecule has 3 heteroatoms. The molecule has 1 saturated heterocycles. The van der Waals surface area contributed by atoms with Crippen LogP contribution in [0.5, 0.6) is 0 Å². The number of ether oxygens (including phenoxy) is 1. The van der Waals surface area contributed by atoms with E-state index in [0.29, 0.717) is 11.5 Å². The molecule has 21 heavy (non-hydrogen) atoms. The van der Waals surface area contributed by atoms with Crippen LogP contribution in [0.2, 0.25) is 0 Å². The summed E-state index contributed by atoms with van der Waals surface area (Å²) >= 11 is 0. The molecule has 3 saturated carbocycles. The van der Waals surface area contributed by atoms with Gasteiger partial charge in [-0.05, 0) is 65.0 Å². The van der Waals surface area contributed by atoms with Gasteiger partial charge in [-0.2, -0.15) is 0 Å². The van der Waals surface area contributed by atoms with Gasteiger partial charge in [0.1, 0.15) is 0 Å². The molecule has 2 atom stereocenters. The van der Waals surface area contributed by atoms with Gasteiger partial charge in [0.15, 0.2) is 0 Å². The lowest BCUT2D eigenvalue weighted by molar-refractivity contribution is -0.133. The molecule has 1 aliphatic heterocycles. The highest BCUT2D eigenvalue weighted by molar-refractivity contribution is 5.10. The van der Waals surface area contributed by atoms with E-state index in [2.05, 4.69) is 17.1 Å². The number of likely N-dealkylation sites (tertiary alicyclic amines) is 1. The molecule has 0 amide bonds. The summed E-state index contributed by atoms with van der Waals surface area (Å²) in [6.07, 6.45) is 13.1. The molecule has 0 aromatic carbocycles. The van der Waals surface area contributed by atoms with E-state index in [1.165, 1.54) is 70.9 Å². The summed E-state index contributed by atoms with van der Waals surface area (Å²) in [4.78, 5) is 2.73. The van der Waals surface area contributed by atoms with Gasteiger partial charge in [-0.3, -0.25) is 0 Å². The van der Waals surface area contributed by atoms with Crippen molar-refractivity contribution in [2.75, 3.05) is 19.7 Å². The average molecular weight is 292 g/mol. The fourth-order valence-electron chi connectivity index (χ4n) is 5.28. The van der Waals surface area contributed by atoms with Crippen LogP contribution in [-0.2, 0) is 4.74 Å². The Hall–Kier alpha value is -0.120. The number of piperidine rings is 1. The van der Waals surface area contributed by atoms with Crippen LogP contribution in [0.4, 0.5) is 0 Å². The van der Waals surface area contributed by atoms with Crippen LogP contribution >= 0.6 is 0 Å². The topological polar surface area (TPSA) is 24.5 Å². The third-order valence-corrected chi connectivity index (χ3v) is 6.72. The van der Waals surface area contributed by atoms with E-state index in [4.69, 9.17) is 4.74 Å². The Balaban J connectivity index is 1.30. The van der Waals surface area contributed by atoms with E-state index in [1.54, 1.807) is 0 Å². The molecule has 3 aliphatic carbocycles. The summed E-state index contributed by atoms with van der Waals surface area (Å²) in [5, 5.41) is 4.05. The lowest BCUT2D eigenvalue weighted by Gasteiger charge is -2.55. The van der Waals surface area contributed by atoms with Crippen LogP contribution < -0.4 is 5.32 Å². The number of nitrogens with one attached hydrogen (secondary N) is 1. The van der Waals surface area contributed by atoms with Gasteiger partial charge in [0.05, 0.1) is 6.10 Å². The summed E-state index contributed by atoms with van der Waals surface area (Å²) < 4.78 is 6.04. The Kier molecular flexibility index (Phi) is 4.01. The third kappa shape index (κ3) is 2.66. The van der Waals surface area contributed by atoms with Crippen molar-refractivity contribution in [3.63, 3.8) is 0 Å². The molecule has 0 bridgehead atoms. The lowest BCUT2D eigenvalue weighted by atomic mass is 9.60. The van der Waals surface area contributed by atoms with Gasteiger partial charge in [-0.25, -0.2) is 0 Å². The zero-order valence-electron chi connectivity index (χ0n) is 13.7. The van der Waals surface area contributed by atoms with Crippen molar-refractivity contribution in [2.45, 2.75) is 88.9 Å². The van der Waals surface area contributed by atoms with Crippen LogP contribution in [0, 0.1) is 5.41 Å². The fraction of sp³-hybridized carbons (Fsp3) is 1.00.